The van der Waals surface area contributed by atoms with Gasteiger partial charge in [0.25, 0.3) is 0 Å². The number of nitrogens with one attached hydrogen (secondary N) is 1. The van der Waals surface area contributed by atoms with Gasteiger partial charge in [-0.2, -0.15) is 0 Å². The molecule has 0 atom stereocenters. The van der Waals surface area contributed by atoms with Crippen LogP contribution in [0.2, 0.25) is 0 Å². The van der Waals surface area contributed by atoms with E-state index in [1.807, 2.05) is 42.5 Å². The average molecular weight is 335 g/mol. The van der Waals surface area contributed by atoms with Crippen molar-refractivity contribution in [3.63, 3.8) is 0 Å². The molecule has 25 heavy (non-hydrogen) atoms. The first-order valence-electron chi connectivity index (χ1n) is 7.74. The van der Waals surface area contributed by atoms with Crippen molar-refractivity contribution in [2.45, 2.75) is 0 Å². The lowest BCUT2D eigenvalue weighted by Gasteiger charge is -2.01. The predicted molar refractivity (Wildman–Crippen MR) is 94.5 cm³/mol. The molecule has 0 bridgehead atoms. The first-order valence-corrected chi connectivity index (χ1v) is 7.74. The quantitative estimate of drug-likeness (QED) is 0.689. The van der Waals surface area contributed by atoms with E-state index in [4.69, 9.17) is 14.2 Å². The zero-order valence-electron chi connectivity index (χ0n) is 13.7. The zero-order chi connectivity index (χ0) is 17.5. The van der Waals surface area contributed by atoms with Crippen LogP contribution in [0.4, 0.5) is 0 Å². The topological polar surface area (TPSA) is 56.8 Å². The molecule has 1 aliphatic heterocycles. The van der Waals surface area contributed by atoms with Crippen LogP contribution >= 0.6 is 0 Å². The summed E-state index contributed by atoms with van der Waals surface area (Å²) < 4.78 is 15.8. The Labute approximate surface area is 146 Å². The lowest BCUT2D eigenvalue weighted by atomic mass is 10.2. The van der Waals surface area contributed by atoms with Crippen molar-refractivity contribution in [2.75, 3.05) is 20.4 Å². The number of hydrogen-bond donors (Lipinski definition) is 1. The molecule has 0 saturated heterocycles. The molecule has 5 heteroatoms. The number of methoxy groups -OCH3 is 1. The summed E-state index contributed by atoms with van der Waals surface area (Å²) in [6.07, 6.45) is 3.17. The molecule has 2 aromatic rings. The van der Waals surface area contributed by atoms with Gasteiger partial charge >= 0.3 is 0 Å². The summed E-state index contributed by atoms with van der Waals surface area (Å²) in [6, 6.07) is 13.0. The number of hydrogen-bond acceptors (Lipinski definition) is 4. The number of para-hydroxylation sites is 1. The fourth-order valence-corrected chi connectivity index (χ4v) is 2.27. The van der Waals surface area contributed by atoms with E-state index in [-0.39, 0.29) is 19.2 Å². The van der Waals surface area contributed by atoms with Crippen LogP contribution in [-0.4, -0.2) is 26.4 Å². The third-order valence-electron chi connectivity index (χ3n) is 3.50. The van der Waals surface area contributed by atoms with E-state index in [0.717, 1.165) is 11.1 Å². The summed E-state index contributed by atoms with van der Waals surface area (Å²) in [5.74, 6) is 7.78. The van der Waals surface area contributed by atoms with Crippen LogP contribution in [0.15, 0.2) is 48.5 Å². The molecule has 0 unspecified atom stereocenters. The molecule has 2 aromatic carbocycles. The van der Waals surface area contributed by atoms with Crippen LogP contribution in [0.5, 0.6) is 17.2 Å². The van der Waals surface area contributed by atoms with Crippen molar-refractivity contribution in [1.82, 2.24) is 5.32 Å². The molecule has 0 aromatic heterocycles. The van der Waals surface area contributed by atoms with Gasteiger partial charge in [0.15, 0.2) is 11.5 Å². The molecule has 0 spiro atoms. The number of ether oxygens (including phenoxy) is 3. The van der Waals surface area contributed by atoms with Gasteiger partial charge in [-0.1, -0.05) is 30.0 Å². The Kier molecular flexibility index (Phi) is 5.22. The second kappa shape index (κ2) is 7.93. The number of carbonyl (C=O) groups is 1. The molecule has 1 heterocycles. The molecule has 1 N–H and O–H groups in total. The van der Waals surface area contributed by atoms with Crippen molar-refractivity contribution >= 4 is 12.0 Å². The van der Waals surface area contributed by atoms with E-state index in [0.29, 0.717) is 17.2 Å². The van der Waals surface area contributed by atoms with Crippen LogP contribution in [0, 0.1) is 11.8 Å². The van der Waals surface area contributed by atoms with E-state index >= 15 is 0 Å². The van der Waals surface area contributed by atoms with Gasteiger partial charge in [0.2, 0.25) is 12.7 Å². The minimum absolute atomic E-state index is 0.216. The smallest absolute Gasteiger partial charge is 0.244 e. The van der Waals surface area contributed by atoms with Crippen molar-refractivity contribution in [1.29, 1.82) is 0 Å². The Bertz CT molecular complexity index is 861. The highest BCUT2D eigenvalue weighted by molar-refractivity contribution is 5.91. The van der Waals surface area contributed by atoms with Crippen LogP contribution in [0.3, 0.4) is 0 Å². The van der Waals surface area contributed by atoms with Gasteiger partial charge in [-0.3, -0.25) is 4.79 Å². The molecule has 5 nitrogen and oxygen atoms in total. The number of benzene rings is 2. The van der Waals surface area contributed by atoms with Crippen molar-refractivity contribution in [3.05, 3.63) is 59.7 Å². The summed E-state index contributed by atoms with van der Waals surface area (Å²) >= 11 is 0. The van der Waals surface area contributed by atoms with Gasteiger partial charge in [0.05, 0.1) is 19.2 Å². The molecule has 1 aliphatic rings. The van der Waals surface area contributed by atoms with Crippen LogP contribution < -0.4 is 19.5 Å². The Hall–Kier alpha value is -3.39. The molecule has 0 radical (unpaired) electrons. The number of fused-ring (bicyclic) bond motifs is 1. The number of amides is 1. The van der Waals surface area contributed by atoms with Gasteiger partial charge in [0.1, 0.15) is 5.75 Å². The average Bonchev–Trinajstić information content (AvgIpc) is 3.11. The van der Waals surface area contributed by atoms with Gasteiger partial charge < -0.3 is 19.5 Å². The fraction of sp³-hybridized carbons (Fsp3) is 0.150. The Morgan fingerprint density at radius 3 is 2.96 bits per heavy atom. The fourth-order valence-electron chi connectivity index (χ4n) is 2.27. The molecule has 126 valence electrons. The molecule has 3 rings (SSSR count). The standard InChI is InChI=1S/C20H17NO4/c1-23-17-7-3-2-5-16(17)6-4-12-21-20(22)11-9-15-8-10-18-19(13-15)25-14-24-18/h2-3,5,7-11,13H,12,14H2,1H3,(H,21,22)/b11-9+. The maximum absolute atomic E-state index is 11.8. The molecular formula is C20H17NO4. The summed E-state index contributed by atoms with van der Waals surface area (Å²) in [4.78, 5) is 11.8. The molecule has 0 fully saturated rings. The third kappa shape index (κ3) is 4.33. The lowest BCUT2D eigenvalue weighted by molar-refractivity contribution is -0.116. The van der Waals surface area contributed by atoms with Crippen LogP contribution in [-0.2, 0) is 4.79 Å². The van der Waals surface area contributed by atoms with Gasteiger partial charge in [-0.25, -0.2) is 0 Å². The first-order chi connectivity index (χ1) is 12.3. The van der Waals surface area contributed by atoms with E-state index < -0.39 is 0 Å². The monoisotopic (exact) mass is 335 g/mol. The Morgan fingerprint density at radius 2 is 2.08 bits per heavy atom. The summed E-state index contributed by atoms with van der Waals surface area (Å²) in [5.41, 5.74) is 1.65. The zero-order valence-corrected chi connectivity index (χ0v) is 13.7. The molecule has 1 amide bonds. The van der Waals surface area contributed by atoms with Gasteiger partial charge in [-0.05, 0) is 35.9 Å². The maximum atomic E-state index is 11.8. The van der Waals surface area contributed by atoms with E-state index in [2.05, 4.69) is 17.2 Å². The Morgan fingerprint density at radius 1 is 1.24 bits per heavy atom. The van der Waals surface area contributed by atoms with Crippen LogP contribution in [0.1, 0.15) is 11.1 Å². The highest BCUT2D eigenvalue weighted by Gasteiger charge is 2.12. The second-order valence-electron chi connectivity index (χ2n) is 5.17. The SMILES string of the molecule is COc1ccccc1C#CCNC(=O)/C=C/c1ccc2c(c1)OCO2. The lowest BCUT2D eigenvalue weighted by Crippen LogP contribution is -2.20. The van der Waals surface area contributed by atoms with Crippen molar-refractivity contribution in [2.24, 2.45) is 0 Å². The van der Waals surface area contributed by atoms with Crippen LogP contribution in [0.25, 0.3) is 6.08 Å². The third-order valence-corrected chi connectivity index (χ3v) is 3.50. The highest BCUT2D eigenvalue weighted by Crippen LogP contribution is 2.32. The second-order valence-corrected chi connectivity index (χ2v) is 5.17. The van der Waals surface area contributed by atoms with E-state index in [1.54, 1.807) is 13.2 Å². The minimum atomic E-state index is -0.216. The molecule has 0 saturated carbocycles. The van der Waals surface area contributed by atoms with Crippen molar-refractivity contribution in [3.8, 4) is 29.1 Å². The molecule has 0 aliphatic carbocycles. The molecular weight excluding hydrogens is 318 g/mol. The Balaban J connectivity index is 1.52. The normalized spacial score (nSPS) is 11.7. The van der Waals surface area contributed by atoms with E-state index in [9.17, 15) is 4.79 Å². The maximum Gasteiger partial charge on any atom is 0.244 e. The summed E-state index contributed by atoms with van der Waals surface area (Å²) in [5, 5.41) is 2.72. The largest absolute Gasteiger partial charge is 0.495 e. The van der Waals surface area contributed by atoms with E-state index in [1.165, 1.54) is 6.08 Å². The first kappa shape index (κ1) is 16.5. The van der Waals surface area contributed by atoms with Crippen molar-refractivity contribution < 1.29 is 19.0 Å². The summed E-state index contributed by atoms with van der Waals surface area (Å²) in [6.45, 7) is 0.482. The summed E-state index contributed by atoms with van der Waals surface area (Å²) in [7, 11) is 1.60. The predicted octanol–water partition coefficient (Wildman–Crippen LogP) is 2.61. The number of carbonyl (C=O) groups excluding carboxylic acids is 1. The minimum Gasteiger partial charge on any atom is -0.495 e. The highest BCUT2D eigenvalue weighted by atomic mass is 16.7. The van der Waals surface area contributed by atoms with Gasteiger partial charge in [-0.15, -0.1) is 0 Å². The number of rotatable bonds is 4. The van der Waals surface area contributed by atoms with Gasteiger partial charge in [0, 0.05) is 6.08 Å².